The van der Waals surface area contributed by atoms with Crippen LogP contribution in [-0.4, -0.2) is 53.8 Å². The highest BCUT2D eigenvalue weighted by molar-refractivity contribution is 7.90. The molecule has 6 nitrogen and oxygen atoms in total. The lowest BCUT2D eigenvalue weighted by Gasteiger charge is -2.37. The van der Waals surface area contributed by atoms with Gasteiger partial charge in [0.15, 0.2) is 0 Å². The lowest BCUT2D eigenvalue weighted by Crippen LogP contribution is -2.50. The van der Waals surface area contributed by atoms with Gasteiger partial charge < -0.3 is 5.21 Å². The standard InChI is InChI=1S/C14H24N2O4S/c1-9(15(4)18)12(17)16-11-7-10-5-6-14(11,13(10,2)3)8-21(16,19)20/h9-11,18H,5-8H2,1-4H3/t9-,10+,11+,14+/m1/s1. The zero-order chi connectivity index (χ0) is 15.8. The zero-order valence-corrected chi connectivity index (χ0v) is 13.9. The van der Waals surface area contributed by atoms with E-state index in [0.717, 1.165) is 28.6 Å². The van der Waals surface area contributed by atoms with Crippen molar-refractivity contribution in [1.29, 1.82) is 0 Å². The van der Waals surface area contributed by atoms with E-state index in [1.165, 1.54) is 14.0 Å². The summed E-state index contributed by atoms with van der Waals surface area (Å²) in [5, 5.41) is 10.3. The molecular formula is C14H24N2O4S. The van der Waals surface area contributed by atoms with Crippen molar-refractivity contribution in [3.05, 3.63) is 0 Å². The Balaban J connectivity index is 2.03. The molecule has 4 atom stereocenters. The van der Waals surface area contributed by atoms with Crippen LogP contribution >= 0.6 is 0 Å². The maximum Gasteiger partial charge on any atom is 0.255 e. The van der Waals surface area contributed by atoms with Gasteiger partial charge in [-0.15, -0.1) is 0 Å². The molecule has 3 rings (SSSR count). The van der Waals surface area contributed by atoms with Gasteiger partial charge in [0.2, 0.25) is 10.0 Å². The van der Waals surface area contributed by atoms with E-state index in [0.29, 0.717) is 5.92 Å². The molecule has 2 bridgehead atoms. The van der Waals surface area contributed by atoms with E-state index in [-0.39, 0.29) is 22.6 Å². The van der Waals surface area contributed by atoms with Crippen LogP contribution in [0.25, 0.3) is 0 Å². The number of nitrogens with zero attached hydrogens (tertiary/aromatic N) is 2. The topological polar surface area (TPSA) is 77.9 Å². The van der Waals surface area contributed by atoms with Crippen molar-refractivity contribution < 1.29 is 18.4 Å². The molecule has 1 saturated heterocycles. The van der Waals surface area contributed by atoms with E-state index < -0.39 is 22.0 Å². The maximum atomic E-state index is 12.6. The molecule has 120 valence electrons. The number of hydroxylamine groups is 2. The minimum Gasteiger partial charge on any atom is -0.314 e. The van der Waals surface area contributed by atoms with E-state index in [2.05, 4.69) is 13.8 Å². The first-order chi connectivity index (χ1) is 9.54. The first kappa shape index (κ1) is 15.2. The van der Waals surface area contributed by atoms with Crippen LogP contribution in [0, 0.1) is 16.7 Å². The molecule has 0 unspecified atom stereocenters. The van der Waals surface area contributed by atoms with Crippen LogP contribution < -0.4 is 0 Å². The number of carbonyl (C=O) groups is 1. The van der Waals surface area contributed by atoms with Gasteiger partial charge in [0.05, 0.1) is 11.8 Å². The van der Waals surface area contributed by atoms with Crippen LogP contribution in [-0.2, 0) is 14.8 Å². The van der Waals surface area contributed by atoms with Crippen molar-refractivity contribution in [2.75, 3.05) is 12.8 Å². The summed E-state index contributed by atoms with van der Waals surface area (Å²) in [4.78, 5) is 12.6. The fourth-order valence-electron chi connectivity index (χ4n) is 4.92. The third kappa shape index (κ3) is 1.71. The normalized spacial score (nSPS) is 40.6. The Morgan fingerprint density at radius 1 is 1.43 bits per heavy atom. The Hall–Kier alpha value is -0.660. The predicted octanol–water partition coefficient (Wildman–Crippen LogP) is 1.06. The third-order valence-corrected chi connectivity index (χ3v) is 8.46. The number of likely N-dealkylation sites (N-methyl/N-ethyl adjacent to an activating group) is 1. The molecular weight excluding hydrogens is 292 g/mol. The average molecular weight is 316 g/mol. The Morgan fingerprint density at radius 3 is 2.57 bits per heavy atom. The van der Waals surface area contributed by atoms with E-state index in [9.17, 15) is 18.4 Å². The highest BCUT2D eigenvalue weighted by atomic mass is 32.2. The van der Waals surface area contributed by atoms with E-state index in [1.54, 1.807) is 0 Å². The van der Waals surface area contributed by atoms with Crippen LogP contribution in [0.2, 0.25) is 0 Å². The molecule has 3 aliphatic rings. The lowest BCUT2D eigenvalue weighted by molar-refractivity contribution is -0.152. The monoisotopic (exact) mass is 316 g/mol. The molecule has 0 aromatic carbocycles. The quantitative estimate of drug-likeness (QED) is 0.771. The second kappa shape index (κ2) is 4.20. The first-order valence-electron chi connectivity index (χ1n) is 7.52. The molecule has 0 aromatic rings. The van der Waals surface area contributed by atoms with Crippen molar-refractivity contribution in [2.24, 2.45) is 16.7 Å². The van der Waals surface area contributed by atoms with Gasteiger partial charge in [-0.2, -0.15) is 5.06 Å². The number of sulfonamides is 1. The van der Waals surface area contributed by atoms with Crippen molar-refractivity contribution >= 4 is 15.9 Å². The molecule has 21 heavy (non-hydrogen) atoms. The van der Waals surface area contributed by atoms with Crippen molar-refractivity contribution in [3.8, 4) is 0 Å². The summed E-state index contributed by atoms with van der Waals surface area (Å²) < 4.78 is 26.3. The molecule has 1 heterocycles. The average Bonchev–Trinajstić information content (AvgIpc) is 2.83. The Morgan fingerprint density at radius 2 is 2.05 bits per heavy atom. The largest absolute Gasteiger partial charge is 0.314 e. The first-order valence-corrected chi connectivity index (χ1v) is 9.13. The van der Waals surface area contributed by atoms with Crippen LogP contribution in [0.5, 0.6) is 0 Å². The number of carbonyl (C=O) groups excluding carboxylic acids is 1. The van der Waals surface area contributed by atoms with Crippen LogP contribution in [0.3, 0.4) is 0 Å². The lowest BCUT2D eigenvalue weighted by atomic mass is 9.69. The fourth-order valence-corrected chi connectivity index (χ4v) is 7.52. The SMILES string of the molecule is C[C@H](C(=O)N1[C@H]2C[C@@H]3CC[C@@]2(CS1(=O)=O)C3(C)C)N(C)O. The molecule has 1 amide bonds. The molecule has 1 N–H and O–H groups in total. The number of rotatable bonds is 2. The minimum absolute atomic E-state index is 0.0475. The minimum atomic E-state index is -3.59. The summed E-state index contributed by atoms with van der Waals surface area (Å²) in [5.41, 5.74) is -0.353. The van der Waals surface area contributed by atoms with Gasteiger partial charge in [0.1, 0.15) is 6.04 Å². The Labute approximate surface area is 126 Å². The number of hydrogen-bond acceptors (Lipinski definition) is 5. The Bertz CT molecular complexity index is 586. The second-order valence-electron chi connectivity index (χ2n) is 7.50. The number of amides is 1. The van der Waals surface area contributed by atoms with E-state index in [4.69, 9.17) is 0 Å². The predicted molar refractivity (Wildman–Crippen MR) is 77.0 cm³/mol. The molecule has 0 aromatic heterocycles. The van der Waals surface area contributed by atoms with Gasteiger partial charge in [-0.1, -0.05) is 13.8 Å². The van der Waals surface area contributed by atoms with Crippen molar-refractivity contribution in [2.45, 2.75) is 52.1 Å². The second-order valence-corrected chi connectivity index (χ2v) is 9.35. The molecule has 2 aliphatic carbocycles. The number of fused-ring (bicyclic) bond motifs is 1. The van der Waals surface area contributed by atoms with Crippen molar-refractivity contribution in [3.63, 3.8) is 0 Å². The molecule has 3 fully saturated rings. The third-order valence-electron chi connectivity index (χ3n) is 6.55. The van der Waals surface area contributed by atoms with E-state index in [1.807, 2.05) is 0 Å². The van der Waals surface area contributed by atoms with Crippen LogP contribution in [0.4, 0.5) is 0 Å². The van der Waals surface area contributed by atoms with Gasteiger partial charge in [-0.25, -0.2) is 12.7 Å². The summed E-state index contributed by atoms with van der Waals surface area (Å²) in [6.45, 7) is 5.83. The summed E-state index contributed by atoms with van der Waals surface area (Å²) in [6.07, 6.45) is 2.69. The van der Waals surface area contributed by atoms with Gasteiger partial charge >= 0.3 is 0 Å². The van der Waals surface area contributed by atoms with Crippen LogP contribution in [0.15, 0.2) is 0 Å². The molecule has 2 saturated carbocycles. The summed E-state index contributed by atoms with van der Waals surface area (Å²) in [5.74, 6) is 0.0441. The highest BCUT2D eigenvalue weighted by Gasteiger charge is 2.72. The van der Waals surface area contributed by atoms with Crippen LogP contribution in [0.1, 0.15) is 40.0 Å². The van der Waals surface area contributed by atoms with Gasteiger partial charge in [-0.3, -0.25) is 4.79 Å². The molecule has 7 heteroatoms. The zero-order valence-electron chi connectivity index (χ0n) is 13.0. The molecule has 1 aliphatic heterocycles. The summed E-state index contributed by atoms with van der Waals surface area (Å²) in [7, 11) is -2.23. The molecule has 1 spiro atoms. The summed E-state index contributed by atoms with van der Waals surface area (Å²) >= 11 is 0. The Kier molecular flexibility index (Phi) is 3.05. The van der Waals surface area contributed by atoms with Gasteiger partial charge in [-0.05, 0) is 37.5 Å². The van der Waals surface area contributed by atoms with Gasteiger partial charge in [0, 0.05) is 12.5 Å². The van der Waals surface area contributed by atoms with E-state index >= 15 is 0 Å². The maximum absolute atomic E-state index is 12.6. The van der Waals surface area contributed by atoms with Gasteiger partial charge in [0.25, 0.3) is 5.91 Å². The number of hydrogen-bond donors (Lipinski definition) is 1. The van der Waals surface area contributed by atoms with Crippen molar-refractivity contribution in [1.82, 2.24) is 9.37 Å². The highest BCUT2D eigenvalue weighted by Crippen LogP contribution is 2.69. The fraction of sp³-hybridized carbons (Fsp3) is 0.929. The summed E-state index contributed by atoms with van der Waals surface area (Å²) in [6, 6.07) is -1.08. The molecule has 0 radical (unpaired) electrons. The smallest absolute Gasteiger partial charge is 0.255 e.